The number of isocyanates is 1. The Labute approximate surface area is 161 Å². The van der Waals surface area contributed by atoms with Crippen molar-refractivity contribution >= 4 is 29.5 Å². The van der Waals surface area contributed by atoms with Gasteiger partial charge in [0.25, 0.3) is 5.91 Å². The third-order valence-corrected chi connectivity index (χ3v) is 4.03. The van der Waals surface area contributed by atoms with Gasteiger partial charge in [-0.2, -0.15) is 0 Å². The predicted molar refractivity (Wildman–Crippen MR) is 99.0 cm³/mol. The van der Waals surface area contributed by atoms with Gasteiger partial charge in [0.15, 0.2) is 11.5 Å². The van der Waals surface area contributed by atoms with Gasteiger partial charge in [0.1, 0.15) is 0 Å². The van der Waals surface area contributed by atoms with E-state index in [9.17, 15) is 19.2 Å². The fourth-order valence-electron chi connectivity index (χ4n) is 2.61. The zero-order valence-corrected chi connectivity index (χ0v) is 15.4. The molecule has 10 heteroatoms. The van der Waals surface area contributed by atoms with Gasteiger partial charge in [0.05, 0.1) is 12.6 Å². The number of anilines is 1. The largest absolute Gasteiger partial charge is 0.454 e. The summed E-state index contributed by atoms with van der Waals surface area (Å²) in [6, 6.07) is 3.31. The van der Waals surface area contributed by atoms with Gasteiger partial charge in [-0.25, -0.2) is 14.6 Å². The molecule has 0 spiro atoms. The van der Waals surface area contributed by atoms with E-state index in [-0.39, 0.29) is 13.2 Å². The monoisotopic (exact) mass is 390 g/mol. The van der Waals surface area contributed by atoms with E-state index >= 15 is 0 Å². The van der Waals surface area contributed by atoms with Gasteiger partial charge in [-0.15, -0.1) is 0 Å². The van der Waals surface area contributed by atoms with Crippen LogP contribution in [0.25, 0.3) is 0 Å². The number of Topliss-reactive ketones (excluding diaryl/α,β-unsaturated/α-hetero) is 1. The number of rotatable bonds is 10. The van der Waals surface area contributed by atoms with Crippen LogP contribution in [0, 0.1) is 0 Å². The summed E-state index contributed by atoms with van der Waals surface area (Å²) in [6.45, 7) is 0.474. The first kappa shape index (κ1) is 20.9. The molecule has 3 N–H and O–H groups in total. The van der Waals surface area contributed by atoms with E-state index in [2.05, 4.69) is 20.9 Å². The number of amides is 3. The maximum Gasteiger partial charge on any atom is 0.319 e. The molecule has 10 nitrogen and oxygen atoms in total. The molecule has 0 radical (unpaired) electrons. The minimum absolute atomic E-state index is 0.117. The van der Waals surface area contributed by atoms with Gasteiger partial charge in [-0.05, 0) is 25.0 Å². The minimum atomic E-state index is -0.969. The van der Waals surface area contributed by atoms with Crippen LogP contribution < -0.4 is 25.4 Å². The van der Waals surface area contributed by atoms with E-state index in [0.717, 1.165) is 0 Å². The molecule has 1 atom stereocenters. The third-order valence-electron chi connectivity index (χ3n) is 4.03. The van der Waals surface area contributed by atoms with Gasteiger partial charge in [0, 0.05) is 18.8 Å². The van der Waals surface area contributed by atoms with E-state index < -0.39 is 23.8 Å². The van der Waals surface area contributed by atoms with Crippen LogP contribution in [0.3, 0.4) is 0 Å². The number of aliphatic imine (C=N–C) groups is 1. The number of urea groups is 1. The molecule has 0 aliphatic carbocycles. The van der Waals surface area contributed by atoms with E-state index in [1.165, 1.54) is 13.1 Å². The second-order valence-corrected chi connectivity index (χ2v) is 5.98. The fourth-order valence-corrected chi connectivity index (χ4v) is 2.61. The number of likely N-dealkylation sites (N-methyl/N-ethyl adjacent to an activating group) is 1. The van der Waals surface area contributed by atoms with Gasteiger partial charge in [0.2, 0.25) is 18.7 Å². The Bertz CT molecular complexity index is 775. The average Bonchev–Trinajstić information content (AvgIpc) is 3.16. The summed E-state index contributed by atoms with van der Waals surface area (Å²) in [5.74, 6) is -0.417. The van der Waals surface area contributed by atoms with Crippen molar-refractivity contribution in [2.75, 3.05) is 25.7 Å². The van der Waals surface area contributed by atoms with Crippen molar-refractivity contribution in [1.82, 2.24) is 10.6 Å². The Hall–Kier alpha value is -3.39. The second kappa shape index (κ2) is 10.7. The zero-order chi connectivity index (χ0) is 20.4. The zero-order valence-electron chi connectivity index (χ0n) is 15.4. The molecule has 1 aliphatic rings. The van der Waals surface area contributed by atoms with E-state index in [1.54, 1.807) is 18.2 Å². The first-order chi connectivity index (χ1) is 13.5. The predicted octanol–water partition coefficient (Wildman–Crippen LogP) is 1.12. The first-order valence-corrected chi connectivity index (χ1v) is 8.82. The summed E-state index contributed by atoms with van der Waals surface area (Å²) >= 11 is 0. The Morgan fingerprint density at radius 2 is 1.96 bits per heavy atom. The van der Waals surface area contributed by atoms with Crippen molar-refractivity contribution in [3.05, 3.63) is 18.2 Å². The molecule has 0 saturated heterocycles. The molecule has 2 rings (SSSR count). The smallest absolute Gasteiger partial charge is 0.319 e. The number of hydrogen-bond donors (Lipinski definition) is 3. The van der Waals surface area contributed by atoms with Crippen LogP contribution >= 0.6 is 0 Å². The quantitative estimate of drug-likeness (QED) is 0.237. The van der Waals surface area contributed by atoms with Crippen LogP contribution in [0.1, 0.15) is 25.7 Å². The Balaban J connectivity index is 1.91. The summed E-state index contributed by atoms with van der Waals surface area (Å²) in [6.07, 6.45) is 3.66. The number of hydrogen-bond acceptors (Lipinski definition) is 7. The number of nitrogens with one attached hydrogen (secondary N) is 3. The fraction of sp³-hybridized carbons (Fsp3) is 0.444. The SMILES string of the molecule is CNC(=O)C(=O)C(CCCCCN=C=O)NC(=O)Nc1ccc2c(c1)OCO2. The molecule has 1 unspecified atom stereocenters. The number of fused-ring (bicyclic) bond motifs is 1. The summed E-state index contributed by atoms with van der Waals surface area (Å²) in [5.41, 5.74) is 0.458. The number of nitrogens with zero attached hydrogens (tertiary/aromatic N) is 1. The molecule has 3 amide bonds. The van der Waals surface area contributed by atoms with E-state index in [1.807, 2.05) is 0 Å². The summed E-state index contributed by atoms with van der Waals surface area (Å²) in [5, 5.41) is 7.40. The third kappa shape index (κ3) is 6.10. The van der Waals surface area contributed by atoms with Gasteiger partial charge in [-0.1, -0.05) is 12.8 Å². The summed E-state index contributed by atoms with van der Waals surface area (Å²) in [4.78, 5) is 49.6. The molecule has 0 aromatic heterocycles. The number of benzene rings is 1. The Kier molecular flexibility index (Phi) is 7.98. The average molecular weight is 390 g/mol. The van der Waals surface area contributed by atoms with Crippen LogP contribution in [0.5, 0.6) is 11.5 Å². The lowest BCUT2D eigenvalue weighted by molar-refractivity contribution is -0.138. The van der Waals surface area contributed by atoms with E-state index in [4.69, 9.17) is 9.47 Å². The molecule has 1 aliphatic heterocycles. The highest BCUT2D eigenvalue weighted by Gasteiger charge is 2.26. The topological polar surface area (TPSA) is 135 Å². The van der Waals surface area contributed by atoms with Crippen LogP contribution in [-0.4, -0.2) is 50.2 Å². The van der Waals surface area contributed by atoms with Crippen molar-refractivity contribution in [1.29, 1.82) is 0 Å². The maximum atomic E-state index is 12.3. The summed E-state index contributed by atoms with van der Waals surface area (Å²) in [7, 11) is 1.35. The molecule has 1 aromatic carbocycles. The molecular formula is C18H22N4O6. The van der Waals surface area contributed by atoms with Gasteiger partial charge < -0.3 is 25.4 Å². The molecule has 28 heavy (non-hydrogen) atoms. The second-order valence-electron chi connectivity index (χ2n) is 5.98. The number of carbonyl (C=O) groups excluding carboxylic acids is 4. The highest BCUT2D eigenvalue weighted by molar-refractivity contribution is 6.38. The van der Waals surface area contributed by atoms with Gasteiger partial charge >= 0.3 is 6.03 Å². The standard InChI is InChI=1S/C18H22N4O6/c1-19-17(25)16(24)13(5-3-2-4-8-20-10-23)22-18(26)21-12-6-7-14-15(9-12)28-11-27-14/h6-7,9,13H,2-5,8,11H2,1H3,(H,19,25)(H2,21,22,26). The number of unbranched alkanes of at least 4 members (excludes halogenated alkanes) is 2. The minimum Gasteiger partial charge on any atom is -0.454 e. The van der Waals surface area contributed by atoms with Crippen LogP contribution in [0.2, 0.25) is 0 Å². The normalized spacial score (nSPS) is 12.5. The van der Waals surface area contributed by atoms with Crippen molar-refractivity contribution in [3.8, 4) is 11.5 Å². The maximum absolute atomic E-state index is 12.3. The number of carbonyl (C=O) groups is 3. The molecule has 150 valence electrons. The van der Waals surface area contributed by atoms with Crippen LogP contribution in [0.4, 0.5) is 10.5 Å². The van der Waals surface area contributed by atoms with Crippen molar-refractivity contribution in [2.45, 2.75) is 31.7 Å². The lowest BCUT2D eigenvalue weighted by Crippen LogP contribution is -2.48. The highest BCUT2D eigenvalue weighted by Crippen LogP contribution is 2.34. The van der Waals surface area contributed by atoms with Crippen molar-refractivity contribution in [2.24, 2.45) is 4.99 Å². The number of ketones is 1. The number of ether oxygens (including phenoxy) is 2. The Morgan fingerprint density at radius 1 is 1.18 bits per heavy atom. The molecule has 1 heterocycles. The molecule has 0 bridgehead atoms. The van der Waals surface area contributed by atoms with Crippen molar-refractivity contribution in [3.63, 3.8) is 0 Å². The lowest BCUT2D eigenvalue weighted by Gasteiger charge is -2.17. The highest BCUT2D eigenvalue weighted by atomic mass is 16.7. The molecule has 0 saturated carbocycles. The Morgan fingerprint density at radius 3 is 2.71 bits per heavy atom. The van der Waals surface area contributed by atoms with E-state index in [0.29, 0.717) is 43.0 Å². The molecule has 0 fully saturated rings. The van der Waals surface area contributed by atoms with Crippen LogP contribution in [-0.2, 0) is 14.4 Å². The first-order valence-electron chi connectivity index (χ1n) is 8.82. The van der Waals surface area contributed by atoms with Gasteiger partial charge in [-0.3, -0.25) is 9.59 Å². The van der Waals surface area contributed by atoms with Crippen molar-refractivity contribution < 1.29 is 28.7 Å². The molecular weight excluding hydrogens is 368 g/mol. The summed E-state index contributed by atoms with van der Waals surface area (Å²) < 4.78 is 10.5. The van der Waals surface area contributed by atoms with Crippen LogP contribution in [0.15, 0.2) is 23.2 Å². The lowest BCUT2D eigenvalue weighted by atomic mass is 10.0. The molecule has 1 aromatic rings.